The van der Waals surface area contributed by atoms with Gasteiger partial charge in [-0.2, -0.15) is 0 Å². The van der Waals surface area contributed by atoms with Gasteiger partial charge in [0.1, 0.15) is 11.4 Å². The van der Waals surface area contributed by atoms with Crippen molar-refractivity contribution in [1.29, 1.82) is 0 Å². The Hall–Kier alpha value is -2.70. The minimum atomic E-state index is -0.518. The standard InChI is InChI=1S/C18H24N4O3/c1-5-24-18(23)15-12(4)21-17(22-16(15)19)13-6-7-14(20-10-13)25-9-8-11(2)3/h6-7,10-11H,5,8-9H2,1-4H3,(H2,19,21,22). The van der Waals surface area contributed by atoms with Gasteiger partial charge in [0.25, 0.3) is 0 Å². The molecule has 0 bridgehead atoms. The minimum absolute atomic E-state index is 0.0956. The number of nitrogens with two attached hydrogens (primary N) is 1. The molecule has 0 spiro atoms. The summed E-state index contributed by atoms with van der Waals surface area (Å²) in [4.78, 5) is 24.7. The van der Waals surface area contributed by atoms with Crippen LogP contribution in [0.3, 0.4) is 0 Å². The maximum Gasteiger partial charge on any atom is 0.343 e. The number of hydrogen-bond acceptors (Lipinski definition) is 7. The Bertz CT molecular complexity index is 707. The smallest absolute Gasteiger partial charge is 0.343 e. The second-order valence-electron chi connectivity index (χ2n) is 6.03. The molecular formula is C18H24N4O3. The molecule has 2 rings (SSSR count). The summed E-state index contributed by atoms with van der Waals surface area (Å²) in [6.45, 7) is 8.61. The summed E-state index contributed by atoms with van der Waals surface area (Å²) in [6.07, 6.45) is 2.60. The number of esters is 1. The van der Waals surface area contributed by atoms with Crippen LogP contribution in [0.25, 0.3) is 11.4 Å². The highest BCUT2D eigenvalue weighted by molar-refractivity contribution is 5.95. The summed E-state index contributed by atoms with van der Waals surface area (Å²) >= 11 is 0. The second-order valence-corrected chi connectivity index (χ2v) is 6.03. The van der Waals surface area contributed by atoms with Crippen molar-refractivity contribution in [2.75, 3.05) is 18.9 Å². The third-order valence-electron chi connectivity index (χ3n) is 3.54. The first-order valence-electron chi connectivity index (χ1n) is 8.32. The van der Waals surface area contributed by atoms with E-state index in [-0.39, 0.29) is 18.0 Å². The number of carbonyl (C=O) groups excluding carboxylic acids is 1. The first kappa shape index (κ1) is 18.6. The molecule has 2 heterocycles. The van der Waals surface area contributed by atoms with E-state index in [4.69, 9.17) is 15.2 Å². The molecule has 2 aromatic rings. The Labute approximate surface area is 147 Å². The Morgan fingerprint density at radius 2 is 2.04 bits per heavy atom. The number of ether oxygens (including phenoxy) is 2. The molecule has 134 valence electrons. The lowest BCUT2D eigenvalue weighted by atomic mass is 10.1. The van der Waals surface area contributed by atoms with Crippen molar-refractivity contribution >= 4 is 11.8 Å². The van der Waals surface area contributed by atoms with Crippen molar-refractivity contribution in [3.63, 3.8) is 0 Å². The van der Waals surface area contributed by atoms with E-state index in [0.29, 0.717) is 35.5 Å². The number of aromatic nitrogens is 3. The first-order valence-corrected chi connectivity index (χ1v) is 8.32. The Morgan fingerprint density at radius 3 is 2.60 bits per heavy atom. The molecule has 7 nitrogen and oxygen atoms in total. The lowest BCUT2D eigenvalue weighted by molar-refractivity contribution is 0.0526. The minimum Gasteiger partial charge on any atom is -0.478 e. The largest absolute Gasteiger partial charge is 0.478 e. The lowest BCUT2D eigenvalue weighted by Crippen LogP contribution is -2.13. The fourth-order valence-corrected chi connectivity index (χ4v) is 2.18. The van der Waals surface area contributed by atoms with E-state index in [1.165, 1.54) is 0 Å². The van der Waals surface area contributed by atoms with Gasteiger partial charge in [0.05, 0.1) is 18.9 Å². The molecule has 0 atom stereocenters. The van der Waals surface area contributed by atoms with Gasteiger partial charge in [-0.05, 0) is 32.3 Å². The van der Waals surface area contributed by atoms with Crippen molar-refractivity contribution < 1.29 is 14.3 Å². The molecule has 0 saturated carbocycles. The van der Waals surface area contributed by atoms with Gasteiger partial charge < -0.3 is 15.2 Å². The van der Waals surface area contributed by atoms with Gasteiger partial charge >= 0.3 is 5.97 Å². The van der Waals surface area contributed by atoms with Crippen molar-refractivity contribution in [3.8, 4) is 17.3 Å². The zero-order valence-corrected chi connectivity index (χ0v) is 15.1. The molecule has 0 aliphatic heterocycles. The first-order chi connectivity index (χ1) is 11.9. The predicted molar refractivity (Wildman–Crippen MR) is 95.3 cm³/mol. The van der Waals surface area contributed by atoms with Gasteiger partial charge in [0, 0.05) is 17.8 Å². The van der Waals surface area contributed by atoms with Crippen molar-refractivity contribution in [3.05, 3.63) is 29.6 Å². The van der Waals surface area contributed by atoms with E-state index in [9.17, 15) is 4.79 Å². The van der Waals surface area contributed by atoms with E-state index in [0.717, 1.165) is 6.42 Å². The lowest BCUT2D eigenvalue weighted by Gasteiger charge is -2.10. The van der Waals surface area contributed by atoms with E-state index in [1.54, 1.807) is 26.1 Å². The Kier molecular flexibility index (Phi) is 6.27. The quantitative estimate of drug-likeness (QED) is 0.770. The Balaban J connectivity index is 2.17. The number of rotatable bonds is 7. The molecule has 2 N–H and O–H groups in total. The van der Waals surface area contributed by atoms with Gasteiger partial charge in [-0.3, -0.25) is 0 Å². The molecule has 0 radical (unpaired) electrons. The number of carbonyl (C=O) groups is 1. The summed E-state index contributed by atoms with van der Waals surface area (Å²) in [5.74, 6) is 1.12. The Morgan fingerprint density at radius 1 is 1.28 bits per heavy atom. The van der Waals surface area contributed by atoms with Crippen LogP contribution in [-0.4, -0.2) is 34.1 Å². The van der Waals surface area contributed by atoms with E-state index < -0.39 is 5.97 Å². The molecule has 2 aromatic heterocycles. The molecule has 0 aliphatic rings. The number of hydrogen-bond donors (Lipinski definition) is 1. The van der Waals surface area contributed by atoms with Crippen LogP contribution in [-0.2, 0) is 4.74 Å². The molecule has 0 aliphatic carbocycles. The van der Waals surface area contributed by atoms with Gasteiger partial charge in [-0.25, -0.2) is 19.7 Å². The average Bonchev–Trinajstić information content (AvgIpc) is 2.54. The molecule has 25 heavy (non-hydrogen) atoms. The zero-order chi connectivity index (χ0) is 18.4. The van der Waals surface area contributed by atoms with Crippen molar-refractivity contribution in [1.82, 2.24) is 15.0 Å². The number of pyridine rings is 1. The van der Waals surface area contributed by atoms with Crippen LogP contribution in [0.1, 0.15) is 43.2 Å². The monoisotopic (exact) mass is 344 g/mol. The fraction of sp³-hybridized carbons (Fsp3) is 0.444. The second kappa shape index (κ2) is 8.41. The number of anilines is 1. The molecule has 0 aromatic carbocycles. The molecular weight excluding hydrogens is 320 g/mol. The predicted octanol–water partition coefficient (Wildman–Crippen LogP) is 3.03. The van der Waals surface area contributed by atoms with Crippen molar-refractivity contribution in [2.45, 2.75) is 34.1 Å². The summed E-state index contributed by atoms with van der Waals surface area (Å²) in [6, 6.07) is 3.58. The molecule has 0 fully saturated rings. The van der Waals surface area contributed by atoms with Crippen LogP contribution in [0.2, 0.25) is 0 Å². The highest BCUT2D eigenvalue weighted by Gasteiger charge is 2.18. The van der Waals surface area contributed by atoms with Crippen LogP contribution < -0.4 is 10.5 Å². The molecule has 0 unspecified atom stereocenters. The maximum absolute atomic E-state index is 11.9. The topological polar surface area (TPSA) is 100 Å². The van der Waals surface area contributed by atoms with Gasteiger partial charge in [0.15, 0.2) is 5.82 Å². The average molecular weight is 344 g/mol. The van der Waals surface area contributed by atoms with E-state index in [2.05, 4.69) is 28.8 Å². The number of nitrogen functional groups attached to an aromatic ring is 1. The van der Waals surface area contributed by atoms with Crippen LogP contribution >= 0.6 is 0 Å². The summed E-state index contributed by atoms with van der Waals surface area (Å²) in [7, 11) is 0. The highest BCUT2D eigenvalue weighted by atomic mass is 16.5. The van der Waals surface area contributed by atoms with Gasteiger partial charge in [-0.15, -0.1) is 0 Å². The van der Waals surface area contributed by atoms with Crippen LogP contribution in [0, 0.1) is 12.8 Å². The van der Waals surface area contributed by atoms with E-state index >= 15 is 0 Å². The van der Waals surface area contributed by atoms with Crippen LogP contribution in [0.5, 0.6) is 5.88 Å². The van der Waals surface area contributed by atoms with Crippen molar-refractivity contribution in [2.24, 2.45) is 5.92 Å². The van der Waals surface area contributed by atoms with Crippen LogP contribution in [0.15, 0.2) is 18.3 Å². The number of aryl methyl sites for hydroxylation is 1. The SMILES string of the molecule is CCOC(=O)c1c(C)nc(-c2ccc(OCCC(C)C)nc2)nc1N. The summed E-state index contributed by atoms with van der Waals surface area (Å²) in [5, 5.41) is 0. The van der Waals surface area contributed by atoms with E-state index in [1.807, 2.05) is 6.07 Å². The number of nitrogens with zero attached hydrogens (tertiary/aromatic N) is 3. The highest BCUT2D eigenvalue weighted by Crippen LogP contribution is 2.22. The third kappa shape index (κ3) is 4.89. The zero-order valence-electron chi connectivity index (χ0n) is 15.1. The molecule has 0 amide bonds. The maximum atomic E-state index is 11.9. The fourth-order valence-electron chi connectivity index (χ4n) is 2.18. The summed E-state index contributed by atoms with van der Waals surface area (Å²) in [5.41, 5.74) is 7.29. The molecule has 0 saturated heterocycles. The van der Waals surface area contributed by atoms with Crippen LogP contribution in [0.4, 0.5) is 5.82 Å². The third-order valence-corrected chi connectivity index (χ3v) is 3.54. The van der Waals surface area contributed by atoms with Gasteiger partial charge in [0.2, 0.25) is 5.88 Å². The molecule has 7 heteroatoms. The van der Waals surface area contributed by atoms with Gasteiger partial charge in [-0.1, -0.05) is 13.8 Å². The summed E-state index contributed by atoms with van der Waals surface area (Å²) < 4.78 is 10.6. The normalized spacial score (nSPS) is 10.8.